The molecule has 2 rings (SSSR count). The molecule has 0 bridgehead atoms. The van der Waals surface area contributed by atoms with Gasteiger partial charge in [0.2, 0.25) is 5.91 Å². The Morgan fingerprint density at radius 2 is 2.23 bits per heavy atom. The first-order valence-electron chi connectivity index (χ1n) is 7.36. The first-order chi connectivity index (χ1) is 10.6. The molecule has 1 amide bonds. The smallest absolute Gasteiger partial charge is 0.238 e. The molecule has 1 N–H and O–H groups in total. The van der Waals surface area contributed by atoms with Crippen LogP contribution in [0, 0.1) is 23.1 Å². The van der Waals surface area contributed by atoms with E-state index in [4.69, 9.17) is 10.00 Å². The first-order valence-corrected chi connectivity index (χ1v) is 7.36. The maximum Gasteiger partial charge on any atom is 0.238 e. The van der Waals surface area contributed by atoms with Gasteiger partial charge >= 0.3 is 0 Å². The zero-order valence-corrected chi connectivity index (χ0v) is 12.6. The molecule has 1 heterocycles. The van der Waals surface area contributed by atoms with Crippen LogP contribution >= 0.6 is 0 Å². The number of ether oxygens (including phenoxy) is 1. The Kier molecular flexibility index (Phi) is 5.73. The van der Waals surface area contributed by atoms with Crippen molar-refractivity contribution in [1.82, 2.24) is 4.90 Å². The summed E-state index contributed by atoms with van der Waals surface area (Å²) in [5.41, 5.74) is 0.324. The largest absolute Gasteiger partial charge is 0.490 e. The molecule has 1 aliphatic heterocycles. The van der Waals surface area contributed by atoms with Gasteiger partial charge in [-0.3, -0.25) is 4.79 Å². The molecular formula is C16H20FN3O2. The fourth-order valence-corrected chi connectivity index (χ4v) is 2.41. The SMILES string of the molecule is CN1CCC(COc2ccc(NC(=O)CC#N)cc2F)CC1. The molecule has 1 aromatic carbocycles. The highest BCUT2D eigenvalue weighted by molar-refractivity contribution is 5.92. The number of carbonyl (C=O) groups is 1. The quantitative estimate of drug-likeness (QED) is 0.907. The molecular weight excluding hydrogens is 285 g/mol. The van der Waals surface area contributed by atoms with E-state index in [9.17, 15) is 9.18 Å². The number of nitrogens with one attached hydrogen (secondary N) is 1. The number of likely N-dealkylation sites (tertiary alicyclic amines) is 1. The zero-order valence-electron chi connectivity index (χ0n) is 12.6. The van der Waals surface area contributed by atoms with Gasteiger partial charge in [0, 0.05) is 11.8 Å². The Hall–Kier alpha value is -2.13. The van der Waals surface area contributed by atoms with Gasteiger partial charge in [-0.1, -0.05) is 0 Å². The summed E-state index contributed by atoms with van der Waals surface area (Å²) >= 11 is 0. The average molecular weight is 305 g/mol. The lowest BCUT2D eigenvalue weighted by Gasteiger charge is -2.28. The van der Waals surface area contributed by atoms with Crippen molar-refractivity contribution < 1.29 is 13.9 Å². The van der Waals surface area contributed by atoms with Gasteiger partial charge in [-0.05, 0) is 51.0 Å². The molecule has 0 spiro atoms. The summed E-state index contributed by atoms with van der Waals surface area (Å²) in [5, 5.41) is 10.9. The van der Waals surface area contributed by atoms with Crippen LogP contribution in [0.1, 0.15) is 19.3 Å². The van der Waals surface area contributed by atoms with Crippen LogP contribution in [0.5, 0.6) is 5.75 Å². The Morgan fingerprint density at radius 3 is 2.86 bits per heavy atom. The molecule has 0 saturated carbocycles. The second-order valence-corrected chi connectivity index (χ2v) is 5.59. The van der Waals surface area contributed by atoms with Crippen LogP contribution in [-0.2, 0) is 4.79 Å². The Balaban J connectivity index is 1.87. The number of piperidine rings is 1. The highest BCUT2D eigenvalue weighted by atomic mass is 19.1. The van der Waals surface area contributed by atoms with Gasteiger partial charge < -0.3 is 15.0 Å². The first kappa shape index (κ1) is 16.2. The van der Waals surface area contributed by atoms with Crippen molar-refractivity contribution in [2.45, 2.75) is 19.3 Å². The van der Waals surface area contributed by atoms with Crippen molar-refractivity contribution in [3.8, 4) is 11.8 Å². The van der Waals surface area contributed by atoms with Gasteiger partial charge in [0.15, 0.2) is 11.6 Å². The predicted octanol–water partition coefficient (Wildman–Crippen LogP) is 2.40. The standard InChI is InChI=1S/C16H20FN3O2/c1-20-8-5-12(6-9-20)11-22-15-3-2-13(10-14(15)17)19-16(21)4-7-18/h2-3,10,12H,4-6,8-9,11H2,1H3,(H,19,21). The van der Waals surface area contributed by atoms with E-state index < -0.39 is 11.7 Å². The van der Waals surface area contributed by atoms with Crippen molar-refractivity contribution >= 4 is 11.6 Å². The predicted molar refractivity (Wildman–Crippen MR) is 81.0 cm³/mol. The summed E-state index contributed by atoms with van der Waals surface area (Å²) in [4.78, 5) is 13.5. The second kappa shape index (κ2) is 7.76. The summed E-state index contributed by atoms with van der Waals surface area (Å²) in [6.07, 6.45) is 1.86. The van der Waals surface area contributed by atoms with Crippen molar-refractivity contribution in [2.24, 2.45) is 5.92 Å². The lowest BCUT2D eigenvalue weighted by molar-refractivity contribution is -0.115. The number of benzene rings is 1. The van der Waals surface area contributed by atoms with Crippen LogP contribution in [-0.4, -0.2) is 37.6 Å². The number of carbonyl (C=O) groups excluding carboxylic acids is 1. The van der Waals surface area contributed by atoms with Crippen molar-refractivity contribution in [3.63, 3.8) is 0 Å². The molecule has 1 aromatic rings. The topological polar surface area (TPSA) is 65.4 Å². The van der Waals surface area contributed by atoms with E-state index in [2.05, 4.69) is 17.3 Å². The Bertz CT molecular complexity index is 563. The number of hydrogen-bond donors (Lipinski definition) is 1. The van der Waals surface area contributed by atoms with Gasteiger partial charge in [0.25, 0.3) is 0 Å². The summed E-state index contributed by atoms with van der Waals surface area (Å²) in [7, 11) is 2.09. The van der Waals surface area contributed by atoms with Gasteiger partial charge in [0.05, 0.1) is 12.7 Å². The van der Waals surface area contributed by atoms with Crippen LogP contribution in [0.15, 0.2) is 18.2 Å². The normalized spacial score (nSPS) is 16.0. The molecule has 0 aromatic heterocycles. The zero-order chi connectivity index (χ0) is 15.9. The number of halogens is 1. The molecule has 22 heavy (non-hydrogen) atoms. The van der Waals surface area contributed by atoms with Crippen LogP contribution in [0.2, 0.25) is 0 Å². The number of anilines is 1. The minimum atomic E-state index is -0.511. The van der Waals surface area contributed by atoms with Gasteiger partial charge in [0.1, 0.15) is 6.42 Å². The van der Waals surface area contributed by atoms with E-state index in [0.717, 1.165) is 25.9 Å². The van der Waals surface area contributed by atoms with E-state index in [1.165, 1.54) is 12.1 Å². The highest BCUT2D eigenvalue weighted by Crippen LogP contribution is 2.23. The Morgan fingerprint density at radius 1 is 1.50 bits per heavy atom. The molecule has 1 saturated heterocycles. The minimum absolute atomic E-state index is 0.192. The van der Waals surface area contributed by atoms with Crippen molar-refractivity contribution in [1.29, 1.82) is 5.26 Å². The maximum atomic E-state index is 14.0. The van der Waals surface area contributed by atoms with E-state index in [1.807, 2.05) is 0 Å². The molecule has 6 heteroatoms. The number of hydrogen-bond acceptors (Lipinski definition) is 4. The summed E-state index contributed by atoms with van der Waals surface area (Å²) in [6.45, 7) is 2.59. The molecule has 0 radical (unpaired) electrons. The van der Waals surface area contributed by atoms with Crippen LogP contribution in [0.25, 0.3) is 0 Å². The molecule has 0 atom stereocenters. The van der Waals surface area contributed by atoms with Gasteiger partial charge in [-0.2, -0.15) is 5.26 Å². The summed E-state index contributed by atoms with van der Waals surface area (Å²) in [6, 6.07) is 6.03. The molecule has 0 unspecified atom stereocenters. The third-order valence-corrected chi connectivity index (χ3v) is 3.77. The summed E-state index contributed by atoms with van der Waals surface area (Å²) in [5.74, 6) is -0.326. The fourth-order valence-electron chi connectivity index (χ4n) is 2.41. The summed E-state index contributed by atoms with van der Waals surface area (Å²) < 4.78 is 19.5. The lowest BCUT2D eigenvalue weighted by atomic mass is 9.98. The van der Waals surface area contributed by atoms with Gasteiger partial charge in [-0.15, -0.1) is 0 Å². The highest BCUT2D eigenvalue weighted by Gasteiger charge is 2.18. The number of nitriles is 1. The molecule has 118 valence electrons. The van der Waals surface area contributed by atoms with E-state index >= 15 is 0 Å². The van der Waals surface area contributed by atoms with Gasteiger partial charge in [-0.25, -0.2) is 4.39 Å². The minimum Gasteiger partial charge on any atom is -0.490 e. The van der Waals surface area contributed by atoms with Crippen LogP contribution < -0.4 is 10.1 Å². The Labute approximate surface area is 129 Å². The van der Waals surface area contributed by atoms with Crippen LogP contribution in [0.4, 0.5) is 10.1 Å². The molecule has 5 nitrogen and oxygen atoms in total. The van der Waals surface area contributed by atoms with E-state index in [-0.39, 0.29) is 12.2 Å². The molecule has 0 aliphatic carbocycles. The third kappa shape index (κ3) is 4.71. The van der Waals surface area contributed by atoms with E-state index in [0.29, 0.717) is 18.2 Å². The number of rotatable bonds is 5. The van der Waals surface area contributed by atoms with Crippen LogP contribution in [0.3, 0.4) is 0 Å². The number of amides is 1. The molecule has 1 aliphatic rings. The monoisotopic (exact) mass is 305 g/mol. The van der Waals surface area contributed by atoms with Crippen molar-refractivity contribution in [2.75, 3.05) is 32.1 Å². The molecule has 1 fully saturated rings. The fraction of sp³-hybridized carbons (Fsp3) is 0.500. The van der Waals surface area contributed by atoms with E-state index in [1.54, 1.807) is 12.1 Å². The maximum absolute atomic E-state index is 14.0. The second-order valence-electron chi connectivity index (χ2n) is 5.59. The average Bonchev–Trinajstić information content (AvgIpc) is 2.48. The van der Waals surface area contributed by atoms with Crippen molar-refractivity contribution in [3.05, 3.63) is 24.0 Å². The third-order valence-electron chi connectivity index (χ3n) is 3.77. The number of nitrogens with zero attached hydrogens (tertiary/aromatic N) is 2. The lowest BCUT2D eigenvalue weighted by Crippen LogP contribution is -2.32.